The van der Waals surface area contributed by atoms with E-state index in [1.165, 1.54) is 17.8 Å². The molecule has 0 radical (unpaired) electrons. The van der Waals surface area contributed by atoms with Crippen LogP contribution in [-0.2, 0) is 22.9 Å². The predicted octanol–water partition coefficient (Wildman–Crippen LogP) is 5.57. The summed E-state index contributed by atoms with van der Waals surface area (Å²) in [5.41, 5.74) is 1.26. The van der Waals surface area contributed by atoms with Gasteiger partial charge in [-0.1, -0.05) is 18.2 Å². The van der Waals surface area contributed by atoms with E-state index in [0.29, 0.717) is 18.8 Å². The topological polar surface area (TPSA) is 49.1 Å². The van der Waals surface area contributed by atoms with Crippen molar-refractivity contribution >= 4 is 0 Å². The molecular weight excluding hydrogens is 415 g/mol. The van der Waals surface area contributed by atoms with Crippen LogP contribution in [0.1, 0.15) is 56.0 Å². The molecule has 1 aromatic heterocycles. The molecule has 1 aliphatic rings. The zero-order chi connectivity index (χ0) is 23.4. The van der Waals surface area contributed by atoms with Crippen LogP contribution in [0.5, 0.6) is 0 Å². The smallest absolute Gasteiger partial charge is 0.381 e. The van der Waals surface area contributed by atoms with Crippen molar-refractivity contribution in [3.05, 3.63) is 65.0 Å². The number of benzene rings is 1. The standard InChI is InChI=1S/C25H30F3N3O/c1-4-32-18-24(12-11-19-5-7-20(15-29)8-6-19)13-14-31(17-24)23(2,3)21-9-10-22(30-16-21)25(26,27)28/h5-10,16H,4,11-14,17-18H2,1-3H3/t24-/m1/s1. The van der Waals surface area contributed by atoms with E-state index in [2.05, 4.69) is 16.0 Å². The molecule has 1 fully saturated rings. The van der Waals surface area contributed by atoms with Gasteiger partial charge in [-0.05, 0) is 75.9 Å². The molecule has 1 aromatic carbocycles. The molecule has 1 saturated heterocycles. The summed E-state index contributed by atoms with van der Waals surface area (Å²) in [6, 6.07) is 12.4. The van der Waals surface area contributed by atoms with E-state index in [1.807, 2.05) is 45.0 Å². The van der Waals surface area contributed by atoms with Crippen molar-refractivity contribution in [2.45, 2.75) is 51.7 Å². The second-order valence-electron chi connectivity index (χ2n) is 9.11. The van der Waals surface area contributed by atoms with Crippen LogP contribution < -0.4 is 0 Å². The minimum atomic E-state index is -4.44. The van der Waals surface area contributed by atoms with Crippen molar-refractivity contribution in [3.63, 3.8) is 0 Å². The maximum atomic E-state index is 12.9. The number of pyridine rings is 1. The molecule has 7 heteroatoms. The lowest BCUT2D eigenvalue weighted by Crippen LogP contribution is -2.42. The highest BCUT2D eigenvalue weighted by Gasteiger charge is 2.44. The molecule has 0 saturated carbocycles. The Labute approximate surface area is 188 Å². The SMILES string of the molecule is CCOC[C@]1(CCc2ccc(C#N)cc2)CCN(C(C)(C)c2ccc(C(F)(F)F)nc2)C1. The lowest BCUT2D eigenvalue weighted by Gasteiger charge is -2.38. The molecule has 2 heterocycles. The van der Waals surface area contributed by atoms with Crippen LogP contribution >= 0.6 is 0 Å². The van der Waals surface area contributed by atoms with Gasteiger partial charge in [-0.15, -0.1) is 0 Å². The second kappa shape index (κ2) is 9.60. The van der Waals surface area contributed by atoms with Gasteiger partial charge in [-0.2, -0.15) is 18.4 Å². The lowest BCUT2D eigenvalue weighted by atomic mass is 9.81. The van der Waals surface area contributed by atoms with E-state index >= 15 is 0 Å². The first kappa shape index (κ1) is 24.2. The summed E-state index contributed by atoms with van der Waals surface area (Å²) in [4.78, 5) is 5.99. The molecule has 2 aromatic rings. The van der Waals surface area contributed by atoms with Gasteiger partial charge in [0.2, 0.25) is 0 Å². The van der Waals surface area contributed by atoms with E-state index in [4.69, 9.17) is 10.00 Å². The fraction of sp³-hybridized carbons (Fsp3) is 0.520. The fourth-order valence-corrected chi connectivity index (χ4v) is 4.39. The molecule has 0 amide bonds. The molecule has 1 aliphatic heterocycles. The van der Waals surface area contributed by atoms with Crippen molar-refractivity contribution in [3.8, 4) is 6.07 Å². The van der Waals surface area contributed by atoms with Crippen molar-refractivity contribution < 1.29 is 17.9 Å². The van der Waals surface area contributed by atoms with Gasteiger partial charge in [0.25, 0.3) is 0 Å². The van der Waals surface area contributed by atoms with Gasteiger partial charge in [-0.3, -0.25) is 9.88 Å². The summed E-state index contributed by atoms with van der Waals surface area (Å²) in [5, 5.41) is 8.99. The van der Waals surface area contributed by atoms with Gasteiger partial charge < -0.3 is 4.74 Å². The number of aromatic nitrogens is 1. The number of nitriles is 1. The molecule has 0 bridgehead atoms. The quantitative estimate of drug-likeness (QED) is 0.533. The van der Waals surface area contributed by atoms with Crippen molar-refractivity contribution in [1.82, 2.24) is 9.88 Å². The number of hydrogen-bond acceptors (Lipinski definition) is 4. The summed E-state index contributed by atoms with van der Waals surface area (Å²) in [5.74, 6) is 0. The number of alkyl halides is 3. The van der Waals surface area contributed by atoms with E-state index in [1.54, 1.807) is 0 Å². The lowest BCUT2D eigenvalue weighted by molar-refractivity contribution is -0.141. The third-order valence-electron chi connectivity index (χ3n) is 6.63. The van der Waals surface area contributed by atoms with Crippen LogP contribution in [0.15, 0.2) is 42.6 Å². The zero-order valence-corrected chi connectivity index (χ0v) is 18.9. The number of ether oxygens (including phenoxy) is 1. The summed E-state index contributed by atoms with van der Waals surface area (Å²) in [6.07, 6.45) is -0.303. The molecule has 4 nitrogen and oxygen atoms in total. The number of aryl methyl sites for hydroxylation is 1. The third-order valence-corrected chi connectivity index (χ3v) is 6.63. The number of halogens is 3. The molecule has 0 aliphatic carbocycles. The van der Waals surface area contributed by atoms with Crippen LogP contribution in [-0.4, -0.2) is 36.2 Å². The van der Waals surface area contributed by atoms with Gasteiger partial charge in [0, 0.05) is 30.3 Å². The zero-order valence-electron chi connectivity index (χ0n) is 18.9. The summed E-state index contributed by atoms with van der Waals surface area (Å²) >= 11 is 0. The normalized spacial score (nSPS) is 19.8. The van der Waals surface area contributed by atoms with E-state index in [-0.39, 0.29) is 5.41 Å². The average molecular weight is 446 g/mol. The molecule has 0 unspecified atom stereocenters. The minimum Gasteiger partial charge on any atom is -0.381 e. The number of rotatable bonds is 8. The molecule has 0 spiro atoms. The number of hydrogen-bond donors (Lipinski definition) is 0. The number of nitrogens with zero attached hydrogens (tertiary/aromatic N) is 3. The van der Waals surface area contributed by atoms with Crippen molar-refractivity contribution in [2.75, 3.05) is 26.3 Å². The average Bonchev–Trinajstić information content (AvgIpc) is 3.22. The highest BCUT2D eigenvalue weighted by Crippen LogP contribution is 2.42. The van der Waals surface area contributed by atoms with Crippen LogP contribution in [0.4, 0.5) is 13.2 Å². The van der Waals surface area contributed by atoms with Crippen LogP contribution in [0, 0.1) is 16.7 Å². The Morgan fingerprint density at radius 1 is 1.16 bits per heavy atom. The molecule has 3 rings (SSSR count). The first-order valence-corrected chi connectivity index (χ1v) is 11.0. The van der Waals surface area contributed by atoms with Gasteiger partial charge in [0.05, 0.1) is 18.2 Å². The Hall–Kier alpha value is -2.43. The fourth-order valence-electron chi connectivity index (χ4n) is 4.39. The maximum absolute atomic E-state index is 12.9. The second-order valence-corrected chi connectivity index (χ2v) is 9.11. The maximum Gasteiger partial charge on any atom is 0.433 e. The van der Waals surface area contributed by atoms with E-state index in [9.17, 15) is 13.2 Å². The first-order chi connectivity index (χ1) is 15.1. The van der Waals surface area contributed by atoms with Crippen LogP contribution in [0.25, 0.3) is 0 Å². The van der Waals surface area contributed by atoms with Crippen LogP contribution in [0.3, 0.4) is 0 Å². The van der Waals surface area contributed by atoms with Gasteiger partial charge >= 0.3 is 6.18 Å². The highest BCUT2D eigenvalue weighted by atomic mass is 19.4. The third kappa shape index (κ3) is 5.48. The Morgan fingerprint density at radius 3 is 2.44 bits per heavy atom. The van der Waals surface area contributed by atoms with Crippen molar-refractivity contribution in [2.24, 2.45) is 5.41 Å². The molecular formula is C25H30F3N3O. The largest absolute Gasteiger partial charge is 0.433 e. The Kier molecular flexibility index (Phi) is 7.26. The van der Waals surface area contributed by atoms with Crippen LogP contribution in [0.2, 0.25) is 0 Å². The van der Waals surface area contributed by atoms with E-state index in [0.717, 1.165) is 44.0 Å². The van der Waals surface area contributed by atoms with Crippen molar-refractivity contribution in [1.29, 1.82) is 5.26 Å². The van der Waals surface area contributed by atoms with Gasteiger partial charge in [0.15, 0.2) is 0 Å². The number of likely N-dealkylation sites (tertiary alicyclic amines) is 1. The monoisotopic (exact) mass is 445 g/mol. The summed E-state index contributed by atoms with van der Waals surface area (Å²) in [6.45, 7) is 9.00. The Morgan fingerprint density at radius 2 is 1.88 bits per heavy atom. The van der Waals surface area contributed by atoms with E-state index < -0.39 is 17.4 Å². The van der Waals surface area contributed by atoms with Gasteiger partial charge in [-0.25, -0.2) is 0 Å². The van der Waals surface area contributed by atoms with Gasteiger partial charge in [0.1, 0.15) is 5.69 Å². The minimum absolute atomic E-state index is 0.0273. The summed E-state index contributed by atoms with van der Waals surface area (Å²) < 4.78 is 44.6. The highest BCUT2D eigenvalue weighted by molar-refractivity contribution is 5.31. The molecule has 172 valence electrons. The molecule has 32 heavy (non-hydrogen) atoms. The Balaban J connectivity index is 1.74. The molecule has 0 N–H and O–H groups in total. The Bertz CT molecular complexity index is 933. The molecule has 1 atom stereocenters. The first-order valence-electron chi connectivity index (χ1n) is 11.0. The predicted molar refractivity (Wildman–Crippen MR) is 117 cm³/mol. The summed E-state index contributed by atoms with van der Waals surface area (Å²) in [7, 11) is 0.